The van der Waals surface area contributed by atoms with Crippen molar-refractivity contribution in [1.82, 2.24) is 19.4 Å². The lowest BCUT2D eigenvalue weighted by Crippen LogP contribution is -1.96. The summed E-state index contributed by atoms with van der Waals surface area (Å²) in [7, 11) is 0. The molecule has 0 aliphatic carbocycles. The van der Waals surface area contributed by atoms with Crippen LogP contribution >= 0.6 is 0 Å². The minimum Gasteiger partial charge on any atom is -0.299 e. The summed E-state index contributed by atoms with van der Waals surface area (Å²) in [6.45, 7) is 0. The fraction of sp³-hybridized carbons (Fsp3) is 0. The largest absolute Gasteiger partial charge is 0.299 e. The highest BCUT2D eigenvalue weighted by atomic mass is 15.0. The van der Waals surface area contributed by atoms with Gasteiger partial charge in [-0.25, -0.2) is 15.0 Å². The highest BCUT2D eigenvalue weighted by Crippen LogP contribution is 2.39. The first-order chi connectivity index (χ1) is 23.3. The summed E-state index contributed by atoms with van der Waals surface area (Å²) in [6.07, 6.45) is 2.11. The molecule has 0 unspecified atom stereocenters. The number of hydrogen-bond donors (Lipinski definition) is 0. The van der Waals surface area contributed by atoms with E-state index in [-0.39, 0.29) is 0 Å². The smallest absolute Gasteiger partial charge is 0.137 e. The molecule has 0 aliphatic heterocycles. The number of imidazole rings is 1. The third kappa shape index (κ3) is 3.98. The predicted octanol–water partition coefficient (Wildman–Crippen LogP) is 10.9. The number of rotatable bonds is 3. The summed E-state index contributed by atoms with van der Waals surface area (Å²) >= 11 is 0. The number of benzene rings is 7. The third-order valence-corrected chi connectivity index (χ3v) is 9.35. The lowest BCUT2D eigenvalue weighted by molar-refractivity contribution is 1.23. The quantitative estimate of drug-likeness (QED) is 0.190. The Morgan fingerprint density at radius 2 is 1.04 bits per heavy atom. The Balaban J connectivity index is 1.17. The van der Waals surface area contributed by atoms with Gasteiger partial charge < -0.3 is 0 Å². The highest BCUT2D eigenvalue weighted by Gasteiger charge is 2.17. The van der Waals surface area contributed by atoms with Crippen LogP contribution in [0, 0.1) is 0 Å². The Bertz CT molecular complexity index is 2840. The van der Waals surface area contributed by atoms with Gasteiger partial charge in [-0.2, -0.15) is 0 Å². The lowest BCUT2D eigenvalue weighted by atomic mass is 9.94. The second kappa shape index (κ2) is 10.1. The van der Waals surface area contributed by atoms with Gasteiger partial charge in [0.15, 0.2) is 0 Å². The topological polar surface area (TPSA) is 43.1 Å². The van der Waals surface area contributed by atoms with E-state index in [9.17, 15) is 0 Å². The normalized spacial score (nSPS) is 11.8. The van der Waals surface area contributed by atoms with E-state index in [0.29, 0.717) is 0 Å². The molecule has 0 bridgehead atoms. The Morgan fingerprint density at radius 1 is 0.383 bits per heavy atom. The number of fused-ring (bicyclic) bond motifs is 11. The van der Waals surface area contributed by atoms with Crippen molar-refractivity contribution < 1.29 is 0 Å². The van der Waals surface area contributed by atoms with E-state index >= 15 is 0 Å². The number of pyridine rings is 1. The summed E-state index contributed by atoms with van der Waals surface area (Å²) in [4.78, 5) is 15.5. The molecular weight excluding hydrogens is 573 g/mol. The van der Waals surface area contributed by atoms with Gasteiger partial charge in [0.2, 0.25) is 0 Å². The second-order valence-corrected chi connectivity index (χ2v) is 12.1. The van der Waals surface area contributed by atoms with Crippen molar-refractivity contribution in [2.24, 2.45) is 0 Å². The highest BCUT2D eigenvalue weighted by molar-refractivity contribution is 6.24. The number of nitrogens with zero attached hydrogens (tertiary/aromatic N) is 4. The molecule has 0 atom stereocenters. The molecular formula is C43H26N4. The van der Waals surface area contributed by atoms with Gasteiger partial charge in [-0.3, -0.25) is 4.40 Å². The minimum absolute atomic E-state index is 0.887. The van der Waals surface area contributed by atoms with Crippen LogP contribution in [0.2, 0.25) is 0 Å². The van der Waals surface area contributed by atoms with E-state index in [0.717, 1.165) is 61.0 Å². The summed E-state index contributed by atoms with van der Waals surface area (Å²) in [5.74, 6) is 0. The molecule has 0 fully saturated rings. The van der Waals surface area contributed by atoms with Crippen molar-refractivity contribution in [3.63, 3.8) is 0 Å². The molecule has 0 radical (unpaired) electrons. The average molecular weight is 599 g/mol. The molecule has 0 saturated carbocycles. The van der Waals surface area contributed by atoms with Gasteiger partial charge in [-0.1, -0.05) is 121 Å². The zero-order chi connectivity index (χ0) is 30.9. The van der Waals surface area contributed by atoms with Crippen molar-refractivity contribution in [1.29, 1.82) is 0 Å². The van der Waals surface area contributed by atoms with Crippen LogP contribution in [0.3, 0.4) is 0 Å². The first-order valence-corrected chi connectivity index (χ1v) is 15.9. The fourth-order valence-electron chi connectivity index (χ4n) is 7.14. The van der Waals surface area contributed by atoms with Crippen LogP contribution in [-0.2, 0) is 0 Å². The van der Waals surface area contributed by atoms with E-state index in [1.54, 1.807) is 0 Å². The standard InChI is InChI=1S/C43H26N4/c1-3-11-27(12-4-1)39-40(28-13-5-2-6-14-28)46-41-32-21-18-29(25-31(32)20-23-37(41)44-39)30-19-22-35-36(26-30)33-15-7-8-16-34(33)42-43(35)47-24-10-9-17-38(47)45-42/h1-26H. The van der Waals surface area contributed by atoms with Gasteiger partial charge in [0.25, 0.3) is 0 Å². The molecule has 0 amide bonds. The maximum Gasteiger partial charge on any atom is 0.137 e. The minimum atomic E-state index is 0.887. The molecule has 218 valence electrons. The molecule has 10 aromatic rings. The first kappa shape index (κ1) is 25.9. The predicted molar refractivity (Wildman–Crippen MR) is 195 cm³/mol. The Morgan fingerprint density at radius 3 is 1.83 bits per heavy atom. The molecule has 4 nitrogen and oxygen atoms in total. The molecule has 7 aromatic carbocycles. The van der Waals surface area contributed by atoms with E-state index in [1.165, 1.54) is 32.7 Å². The zero-order valence-corrected chi connectivity index (χ0v) is 25.3. The summed E-state index contributed by atoms with van der Waals surface area (Å²) in [5, 5.41) is 7.04. The number of hydrogen-bond acceptors (Lipinski definition) is 3. The molecule has 3 heterocycles. The third-order valence-electron chi connectivity index (χ3n) is 9.35. The van der Waals surface area contributed by atoms with Gasteiger partial charge in [0.1, 0.15) is 5.65 Å². The van der Waals surface area contributed by atoms with Gasteiger partial charge in [-0.15, -0.1) is 0 Å². The van der Waals surface area contributed by atoms with Crippen LogP contribution in [-0.4, -0.2) is 19.4 Å². The average Bonchev–Trinajstić information content (AvgIpc) is 3.55. The monoisotopic (exact) mass is 598 g/mol. The second-order valence-electron chi connectivity index (χ2n) is 12.1. The Labute approximate surface area is 270 Å². The van der Waals surface area contributed by atoms with Crippen molar-refractivity contribution >= 4 is 60.0 Å². The van der Waals surface area contributed by atoms with Crippen LogP contribution in [0.5, 0.6) is 0 Å². The van der Waals surface area contributed by atoms with Gasteiger partial charge in [-0.05, 0) is 57.6 Å². The van der Waals surface area contributed by atoms with Crippen molar-refractivity contribution in [3.05, 3.63) is 158 Å². The van der Waals surface area contributed by atoms with E-state index in [4.69, 9.17) is 15.0 Å². The molecule has 3 aromatic heterocycles. The van der Waals surface area contributed by atoms with Crippen LogP contribution in [0.25, 0.3) is 93.7 Å². The van der Waals surface area contributed by atoms with E-state index in [2.05, 4.69) is 132 Å². The van der Waals surface area contributed by atoms with Crippen LogP contribution < -0.4 is 0 Å². The fourth-order valence-corrected chi connectivity index (χ4v) is 7.14. The van der Waals surface area contributed by atoms with E-state index in [1.807, 2.05) is 30.3 Å². The van der Waals surface area contributed by atoms with E-state index < -0.39 is 0 Å². The summed E-state index contributed by atoms with van der Waals surface area (Å²) in [5.41, 5.74) is 11.2. The van der Waals surface area contributed by atoms with Crippen LogP contribution in [0.1, 0.15) is 0 Å². The van der Waals surface area contributed by atoms with Gasteiger partial charge in [0, 0.05) is 33.5 Å². The lowest BCUT2D eigenvalue weighted by Gasteiger charge is -2.13. The molecule has 47 heavy (non-hydrogen) atoms. The summed E-state index contributed by atoms with van der Waals surface area (Å²) in [6, 6.07) is 53.3. The SMILES string of the molecule is c1ccc(-c2nc3ccc4cc(-c5ccc6c(c5)c5ccccc5c5nc7ccccn7c65)ccc4c3nc2-c2ccccc2)cc1. The summed E-state index contributed by atoms with van der Waals surface area (Å²) < 4.78 is 2.21. The molecule has 10 rings (SSSR count). The van der Waals surface area contributed by atoms with Crippen molar-refractivity contribution in [2.75, 3.05) is 0 Å². The van der Waals surface area contributed by atoms with Crippen molar-refractivity contribution in [2.45, 2.75) is 0 Å². The van der Waals surface area contributed by atoms with Crippen LogP contribution in [0.15, 0.2) is 158 Å². The Hall–Kier alpha value is -6.39. The van der Waals surface area contributed by atoms with Crippen LogP contribution in [0.4, 0.5) is 0 Å². The van der Waals surface area contributed by atoms with Gasteiger partial charge >= 0.3 is 0 Å². The molecule has 0 spiro atoms. The first-order valence-electron chi connectivity index (χ1n) is 15.9. The Kier molecular flexibility index (Phi) is 5.54. The molecule has 4 heteroatoms. The van der Waals surface area contributed by atoms with Crippen molar-refractivity contribution in [3.8, 4) is 33.6 Å². The molecule has 0 N–H and O–H groups in total. The van der Waals surface area contributed by atoms with Gasteiger partial charge in [0.05, 0.1) is 33.5 Å². The maximum atomic E-state index is 5.31. The molecule has 0 saturated heterocycles. The zero-order valence-electron chi connectivity index (χ0n) is 25.3. The molecule has 0 aliphatic rings. The number of aromatic nitrogens is 4. The maximum absolute atomic E-state index is 5.31.